The van der Waals surface area contributed by atoms with Gasteiger partial charge in [-0.05, 0) is 63.5 Å². The highest BCUT2D eigenvalue weighted by Crippen LogP contribution is 2.73. The first-order chi connectivity index (χ1) is 11.4. The van der Waals surface area contributed by atoms with Crippen molar-refractivity contribution in [3.63, 3.8) is 0 Å². The van der Waals surface area contributed by atoms with Crippen molar-refractivity contribution in [2.45, 2.75) is 49.7 Å². The summed E-state index contributed by atoms with van der Waals surface area (Å²) in [6.45, 7) is 4.48. The lowest BCUT2D eigenvalue weighted by Gasteiger charge is -2.35. The summed E-state index contributed by atoms with van der Waals surface area (Å²) in [7, 11) is -3.23. The maximum absolute atomic E-state index is 13.2. The second kappa shape index (κ2) is 4.63. The Balaban J connectivity index is 1.57. The molecule has 24 heavy (non-hydrogen) atoms. The molecular formula is C21H24O2S. The largest absolute Gasteiger partial charge is 0.223 e. The normalized spacial score (nSPS) is 39.2. The van der Waals surface area contributed by atoms with Crippen LogP contribution in [0.1, 0.15) is 39.5 Å². The molecule has 3 heteroatoms. The molecule has 5 rings (SSSR count). The topological polar surface area (TPSA) is 34.1 Å². The zero-order valence-electron chi connectivity index (χ0n) is 14.3. The van der Waals surface area contributed by atoms with E-state index in [9.17, 15) is 8.42 Å². The van der Waals surface area contributed by atoms with Gasteiger partial charge in [-0.2, -0.15) is 0 Å². The summed E-state index contributed by atoms with van der Waals surface area (Å²) < 4.78 is 26.4. The Morgan fingerprint density at radius 3 is 2.54 bits per heavy atom. The van der Waals surface area contributed by atoms with Crippen molar-refractivity contribution in [1.82, 2.24) is 0 Å². The van der Waals surface area contributed by atoms with Crippen LogP contribution in [0.25, 0.3) is 0 Å². The van der Waals surface area contributed by atoms with Gasteiger partial charge in [0.15, 0.2) is 9.84 Å². The third kappa shape index (κ3) is 1.64. The minimum Gasteiger partial charge on any atom is -0.223 e. The van der Waals surface area contributed by atoms with E-state index < -0.39 is 9.84 Å². The number of fused-ring (bicyclic) bond motifs is 4. The molecule has 4 bridgehead atoms. The van der Waals surface area contributed by atoms with Gasteiger partial charge < -0.3 is 0 Å². The molecule has 2 nitrogen and oxygen atoms in total. The minimum atomic E-state index is -3.23. The van der Waals surface area contributed by atoms with Gasteiger partial charge in [0.25, 0.3) is 0 Å². The first-order valence-corrected chi connectivity index (χ1v) is 10.7. The van der Waals surface area contributed by atoms with Crippen molar-refractivity contribution >= 4 is 9.84 Å². The van der Waals surface area contributed by atoms with E-state index >= 15 is 0 Å². The van der Waals surface area contributed by atoms with Gasteiger partial charge in [0, 0.05) is 11.3 Å². The molecule has 1 aromatic rings. The fourth-order valence-electron chi connectivity index (χ4n) is 6.50. The van der Waals surface area contributed by atoms with Crippen molar-refractivity contribution in [3.8, 4) is 0 Å². The van der Waals surface area contributed by atoms with E-state index in [1.54, 1.807) is 23.3 Å². The van der Waals surface area contributed by atoms with E-state index in [0.717, 1.165) is 12.8 Å². The third-order valence-electron chi connectivity index (χ3n) is 7.20. The van der Waals surface area contributed by atoms with Crippen LogP contribution in [0.15, 0.2) is 58.0 Å². The predicted octanol–water partition coefficient (Wildman–Crippen LogP) is 4.54. The molecule has 4 aliphatic rings. The first-order valence-electron chi connectivity index (χ1n) is 9.13. The van der Waals surface area contributed by atoms with Crippen LogP contribution in [-0.2, 0) is 9.84 Å². The lowest BCUT2D eigenvalue weighted by atomic mass is 9.70. The maximum Gasteiger partial charge on any atom is 0.181 e. The summed E-state index contributed by atoms with van der Waals surface area (Å²) in [4.78, 5) is 0.500. The quantitative estimate of drug-likeness (QED) is 0.741. The van der Waals surface area contributed by atoms with Gasteiger partial charge in [-0.1, -0.05) is 41.0 Å². The van der Waals surface area contributed by atoms with Gasteiger partial charge in [-0.25, -0.2) is 8.42 Å². The number of sulfone groups is 1. The molecule has 4 unspecified atom stereocenters. The fraction of sp³-hybridized carbons (Fsp3) is 0.524. The van der Waals surface area contributed by atoms with E-state index in [1.165, 1.54) is 18.4 Å². The van der Waals surface area contributed by atoms with Crippen LogP contribution in [0.2, 0.25) is 0 Å². The van der Waals surface area contributed by atoms with Crippen LogP contribution in [0, 0.1) is 23.2 Å². The number of rotatable bonds is 2. The number of allylic oxidation sites excluding steroid dienone is 4. The van der Waals surface area contributed by atoms with Crippen LogP contribution in [0.4, 0.5) is 0 Å². The monoisotopic (exact) mass is 340 g/mol. The predicted molar refractivity (Wildman–Crippen MR) is 95.2 cm³/mol. The fourth-order valence-corrected chi connectivity index (χ4v) is 8.54. The summed E-state index contributed by atoms with van der Waals surface area (Å²) in [6.07, 6.45) is 6.83. The Hall–Kier alpha value is -1.35. The summed E-state index contributed by atoms with van der Waals surface area (Å²) in [6, 6.07) is 9.06. The molecule has 4 aliphatic carbocycles. The van der Waals surface area contributed by atoms with E-state index in [-0.39, 0.29) is 16.6 Å². The smallest absolute Gasteiger partial charge is 0.181 e. The summed E-state index contributed by atoms with van der Waals surface area (Å²) >= 11 is 0. The Morgan fingerprint density at radius 1 is 1.08 bits per heavy atom. The second-order valence-corrected chi connectivity index (χ2v) is 10.6. The molecular weight excluding hydrogens is 316 g/mol. The van der Waals surface area contributed by atoms with Gasteiger partial charge in [-0.3, -0.25) is 0 Å². The average molecular weight is 340 g/mol. The molecule has 0 amide bonds. The molecule has 5 atom stereocenters. The molecule has 0 aliphatic heterocycles. The van der Waals surface area contributed by atoms with Gasteiger partial charge in [0.2, 0.25) is 0 Å². The van der Waals surface area contributed by atoms with Crippen molar-refractivity contribution in [2.75, 3.05) is 0 Å². The Kier molecular flexibility index (Phi) is 2.88. The van der Waals surface area contributed by atoms with Crippen LogP contribution in [-0.4, -0.2) is 13.7 Å². The number of benzene rings is 1. The highest BCUT2D eigenvalue weighted by atomic mass is 32.2. The lowest BCUT2D eigenvalue weighted by molar-refractivity contribution is 0.257. The Morgan fingerprint density at radius 2 is 1.83 bits per heavy atom. The van der Waals surface area contributed by atoms with E-state index in [2.05, 4.69) is 19.9 Å². The average Bonchev–Trinajstić information content (AvgIpc) is 3.30. The molecule has 0 radical (unpaired) electrons. The lowest BCUT2D eigenvalue weighted by Crippen LogP contribution is -2.32. The summed E-state index contributed by atoms with van der Waals surface area (Å²) in [5.41, 5.74) is 4.90. The van der Waals surface area contributed by atoms with Crippen molar-refractivity contribution in [3.05, 3.63) is 53.1 Å². The van der Waals surface area contributed by atoms with Gasteiger partial charge in [0.05, 0.1) is 10.1 Å². The second-order valence-electron chi connectivity index (χ2n) is 8.38. The van der Waals surface area contributed by atoms with Crippen molar-refractivity contribution < 1.29 is 8.42 Å². The molecule has 3 saturated carbocycles. The van der Waals surface area contributed by atoms with Crippen LogP contribution in [0.3, 0.4) is 0 Å². The zero-order chi connectivity index (χ0) is 16.7. The number of hydrogen-bond donors (Lipinski definition) is 0. The molecule has 1 aromatic carbocycles. The van der Waals surface area contributed by atoms with E-state index in [1.807, 2.05) is 18.2 Å². The molecule has 1 spiro atoms. The van der Waals surface area contributed by atoms with Crippen molar-refractivity contribution in [2.24, 2.45) is 23.2 Å². The van der Waals surface area contributed by atoms with Gasteiger partial charge >= 0.3 is 0 Å². The summed E-state index contributed by atoms with van der Waals surface area (Å²) in [5, 5.41) is -0.221. The maximum atomic E-state index is 13.2. The first kappa shape index (κ1) is 14.9. The molecule has 0 aromatic heterocycles. The van der Waals surface area contributed by atoms with Gasteiger partial charge in [-0.15, -0.1) is 0 Å². The van der Waals surface area contributed by atoms with Crippen LogP contribution >= 0.6 is 0 Å². The molecule has 0 saturated heterocycles. The molecule has 3 fully saturated rings. The van der Waals surface area contributed by atoms with Gasteiger partial charge in [0.1, 0.15) is 0 Å². The summed E-state index contributed by atoms with van der Waals surface area (Å²) in [5.74, 6) is 1.47. The van der Waals surface area contributed by atoms with E-state index in [0.29, 0.717) is 16.7 Å². The van der Waals surface area contributed by atoms with E-state index in [4.69, 9.17) is 0 Å². The Bertz CT molecular complexity index is 874. The molecule has 0 N–H and O–H groups in total. The van der Waals surface area contributed by atoms with Crippen LogP contribution < -0.4 is 0 Å². The Labute approximate surface area is 144 Å². The highest BCUT2D eigenvalue weighted by molar-refractivity contribution is 7.92. The zero-order valence-corrected chi connectivity index (χ0v) is 15.1. The SMILES string of the molecule is CC(C)=C1C2CCC1C13CC(C=C21)[C@@H](S(=O)(=O)c1ccccc1)C3. The molecule has 0 heterocycles. The van der Waals surface area contributed by atoms with Crippen molar-refractivity contribution in [1.29, 1.82) is 0 Å². The number of hydrogen-bond acceptors (Lipinski definition) is 2. The molecule has 126 valence electrons. The minimum absolute atomic E-state index is 0.173. The highest BCUT2D eigenvalue weighted by Gasteiger charge is 2.66. The third-order valence-corrected chi connectivity index (χ3v) is 9.44. The van der Waals surface area contributed by atoms with Crippen LogP contribution in [0.5, 0.6) is 0 Å². The standard InChI is InChI=1S/C21H24O2S/c1-13(2)20-16-8-9-17(20)21-11-14(10-18(16)21)19(12-21)24(22,23)15-6-4-3-5-7-15/h3-7,10,14,16-17,19H,8-9,11-12H2,1-2H3/t14?,16?,17?,19-,21?/m0/s1.